The molecular formula is C22H28N7O+. The molecule has 4 heterocycles. The van der Waals surface area contributed by atoms with Gasteiger partial charge >= 0.3 is 0 Å². The van der Waals surface area contributed by atoms with Crippen molar-refractivity contribution in [3.8, 4) is 0 Å². The van der Waals surface area contributed by atoms with Crippen molar-refractivity contribution in [2.75, 3.05) is 31.5 Å². The van der Waals surface area contributed by atoms with E-state index in [4.69, 9.17) is 4.98 Å². The van der Waals surface area contributed by atoms with Gasteiger partial charge in [0, 0.05) is 36.8 Å². The lowest BCUT2D eigenvalue weighted by Gasteiger charge is -2.31. The molecule has 1 saturated heterocycles. The summed E-state index contributed by atoms with van der Waals surface area (Å²) in [4.78, 5) is 28.6. The van der Waals surface area contributed by atoms with E-state index in [1.54, 1.807) is 6.92 Å². The lowest BCUT2D eigenvalue weighted by Crippen LogP contribution is -3.10. The molecule has 0 aromatic carbocycles. The van der Waals surface area contributed by atoms with Crippen LogP contribution in [0, 0.1) is 0 Å². The summed E-state index contributed by atoms with van der Waals surface area (Å²) in [5.41, 5.74) is 2.14. The molecule has 0 radical (unpaired) electrons. The van der Waals surface area contributed by atoms with Crippen LogP contribution in [0.4, 0.5) is 17.5 Å². The van der Waals surface area contributed by atoms with Crippen LogP contribution in [0.3, 0.4) is 0 Å². The van der Waals surface area contributed by atoms with Gasteiger partial charge < -0.3 is 14.8 Å². The number of carbonyl (C=O) groups excluding carboxylic acids is 1. The molecule has 156 valence electrons. The monoisotopic (exact) mass is 406 g/mol. The highest BCUT2D eigenvalue weighted by atomic mass is 16.2. The van der Waals surface area contributed by atoms with E-state index >= 15 is 0 Å². The quantitative estimate of drug-likeness (QED) is 0.693. The Morgan fingerprint density at radius 2 is 1.90 bits per heavy atom. The zero-order valence-corrected chi connectivity index (χ0v) is 17.3. The molecule has 1 aliphatic heterocycles. The SMILES string of the molecule is CC(=O)N1CC[NH+](c2ccc(Nc3ncc4ccn(C5CCCC5)c4n3)nc2)CC1. The fourth-order valence-electron chi connectivity index (χ4n) is 4.65. The number of hydrogen-bond acceptors (Lipinski definition) is 5. The number of nitrogens with zero attached hydrogens (tertiary/aromatic N) is 5. The maximum atomic E-state index is 11.5. The lowest BCUT2D eigenvalue weighted by atomic mass is 10.2. The Labute approximate surface area is 175 Å². The van der Waals surface area contributed by atoms with Crippen molar-refractivity contribution in [3.05, 3.63) is 36.8 Å². The van der Waals surface area contributed by atoms with Gasteiger partial charge in [0.15, 0.2) is 0 Å². The summed E-state index contributed by atoms with van der Waals surface area (Å²) >= 11 is 0. The summed E-state index contributed by atoms with van der Waals surface area (Å²) in [5.74, 6) is 1.46. The highest BCUT2D eigenvalue weighted by molar-refractivity contribution is 5.77. The van der Waals surface area contributed by atoms with Crippen LogP contribution in [0.1, 0.15) is 38.6 Å². The summed E-state index contributed by atoms with van der Waals surface area (Å²) in [5, 5.41) is 4.32. The first-order valence-electron chi connectivity index (χ1n) is 10.8. The van der Waals surface area contributed by atoms with E-state index in [2.05, 4.69) is 38.2 Å². The predicted octanol–water partition coefficient (Wildman–Crippen LogP) is 2.06. The number of aromatic nitrogens is 4. The van der Waals surface area contributed by atoms with E-state index < -0.39 is 0 Å². The number of rotatable bonds is 4. The molecule has 1 amide bonds. The van der Waals surface area contributed by atoms with Crippen molar-refractivity contribution in [1.29, 1.82) is 0 Å². The summed E-state index contributed by atoms with van der Waals surface area (Å²) in [7, 11) is 0. The largest absolute Gasteiger partial charge is 0.332 e. The number of quaternary nitrogens is 1. The van der Waals surface area contributed by atoms with E-state index in [0.29, 0.717) is 12.0 Å². The summed E-state index contributed by atoms with van der Waals surface area (Å²) < 4.78 is 2.30. The molecule has 3 aromatic heterocycles. The van der Waals surface area contributed by atoms with Crippen LogP contribution in [-0.2, 0) is 4.79 Å². The van der Waals surface area contributed by atoms with Crippen LogP contribution in [-0.4, -0.2) is 56.5 Å². The lowest BCUT2D eigenvalue weighted by molar-refractivity contribution is -0.837. The van der Waals surface area contributed by atoms with Crippen molar-refractivity contribution < 1.29 is 9.69 Å². The van der Waals surface area contributed by atoms with Crippen LogP contribution in [0.2, 0.25) is 0 Å². The fourth-order valence-corrected chi connectivity index (χ4v) is 4.65. The molecule has 1 saturated carbocycles. The van der Waals surface area contributed by atoms with Gasteiger partial charge in [-0.1, -0.05) is 12.8 Å². The second kappa shape index (κ2) is 8.02. The molecule has 5 rings (SSSR count). The van der Waals surface area contributed by atoms with Gasteiger partial charge in [0.05, 0.1) is 32.4 Å². The topological polar surface area (TPSA) is 80.4 Å². The van der Waals surface area contributed by atoms with Crippen molar-refractivity contribution in [2.24, 2.45) is 0 Å². The van der Waals surface area contributed by atoms with Crippen LogP contribution in [0.15, 0.2) is 36.8 Å². The Morgan fingerprint density at radius 1 is 1.10 bits per heavy atom. The van der Waals surface area contributed by atoms with E-state index in [9.17, 15) is 4.79 Å². The molecule has 8 nitrogen and oxygen atoms in total. The minimum Gasteiger partial charge on any atom is -0.332 e. The number of nitrogens with one attached hydrogen (secondary N) is 2. The van der Waals surface area contributed by atoms with E-state index in [1.807, 2.05) is 23.4 Å². The van der Waals surface area contributed by atoms with Gasteiger partial charge in [-0.25, -0.2) is 9.97 Å². The number of fused-ring (bicyclic) bond motifs is 1. The molecule has 0 unspecified atom stereocenters. The van der Waals surface area contributed by atoms with E-state index in [0.717, 1.165) is 48.7 Å². The average molecular weight is 407 g/mol. The molecule has 0 spiro atoms. The maximum Gasteiger partial charge on any atom is 0.230 e. The van der Waals surface area contributed by atoms with Gasteiger partial charge in [0.25, 0.3) is 0 Å². The van der Waals surface area contributed by atoms with Gasteiger partial charge in [0.1, 0.15) is 17.2 Å². The van der Waals surface area contributed by atoms with Crippen molar-refractivity contribution in [1.82, 2.24) is 24.4 Å². The molecule has 30 heavy (non-hydrogen) atoms. The summed E-state index contributed by atoms with van der Waals surface area (Å²) in [6.07, 6.45) is 11.0. The normalized spacial score (nSPS) is 18.2. The fraction of sp³-hybridized carbons (Fsp3) is 0.455. The molecule has 2 aliphatic rings. The minimum atomic E-state index is 0.155. The molecule has 8 heteroatoms. The standard InChI is InChI=1S/C22H27N7O/c1-16(30)27-10-12-28(13-11-27)19-6-7-20(23-15-19)25-22-24-14-17-8-9-29(21(17)26-22)18-4-2-3-5-18/h6-9,14-15,18H,2-5,10-13H2,1H3,(H,23,24,25,26)/p+1. The predicted molar refractivity (Wildman–Crippen MR) is 115 cm³/mol. The number of piperazine rings is 1. The molecule has 0 bridgehead atoms. The molecule has 1 aliphatic carbocycles. The summed E-state index contributed by atoms with van der Waals surface area (Å²) in [6.45, 7) is 5.04. The zero-order chi connectivity index (χ0) is 20.5. The first-order chi connectivity index (χ1) is 14.7. The Balaban J connectivity index is 1.28. The highest BCUT2D eigenvalue weighted by Crippen LogP contribution is 2.32. The summed E-state index contributed by atoms with van der Waals surface area (Å²) in [6, 6.07) is 6.71. The third-order valence-corrected chi connectivity index (χ3v) is 6.40. The second-order valence-corrected chi connectivity index (χ2v) is 8.30. The number of amides is 1. The number of anilines is 2. The van der Waals surface area contributed by atoms with E-state index in [1.165, 1.54) is 30.6 Å². The van der Waals surface area contributed by atoms with Crippen LogP contribution >= 0.6 is 0 Å². The first-order valence-corrected chi connectivity index (χ1v) is 10.8. The number of carbonyl (C=O) groups is 1. The highest BCUT2D eigenvalue weighted by Gasteiger charge is 2.23. The minimum absolute atomic E-state index is 0.155. The Kier molecular flexibility index (Phi) is 5.08. The van der Waals surface area contributed by atoms with Crippen molar-refractivity contribution in [3.63, 3.8) is 0 Å². The zero-order valence-electron chi connectivity index (χ0n) is 17.3. The molecular weight excluding hydrogens is 378 g/mol. The van der Waals surface area contributed by atoms with Crippen molar-refractivity contribution >= 4 is 34.4 Å². The average Bonchev–Trinajstić information content (AvgIpc) is 3.44. The smallest absolute Gasteiger partial charge is 0.230 e. The Hall–Kier alpha value is -3.00. The van der Waals surface area contributed by atoms with Crippen LogP contribution in [0.5, 0.6) is 0 Å². The van der Waals surface area contributed by atoms with Crippen molar-refractivity contribution in [2.45, 2.75) is 38.6 Å². The van der Waals surface area contributed by atoms with Gasteiger partial charge in [0.2, 0.25) is 11.9 Å². The Morgan fingerprint density at radius 3 is 2.60 bits per heavy atom. The molecule has 3 aromatic rings. The molecule has 0 atom stereocenters. The van der Waals surface area contributed by atoms with Gasteiger partial charge in [-0.15, -0.1) is 0 Å². The van der Waals surface area contributed by atoms with Gasteiger partial charge in [-0.3, -0.25) is 9.69 Å². The van der Waals surface area contributed by atoms with E-state index in [-0.39, 0.29) is 5.91 Å². The van der Waals surface area contributed by atoms with Crippen LogP contribution < -0.4 is 10.2 Å². The van der Waals surface area contributed by atoms with Crippen LogP contribution in [0.25, 0.3) is 11.0 Å². The maximum absolute atomic E-state index is 11.5. The second-order valence-electron chi connectivity index (χ2n) is 8.30. The Bertz CT molecular complexity index is 1030. The first kappa shape index (κ1) is 19.0. The third kappa shape index (κ3) is 3.75. The number of hydrogen-bond donors (Lipinski definition) is 2. The number of pyridine rings is 1. The van der Waals surface area contributed by atoms with Gasteiger partial charge in [-0.05, 0) is 25.0 Å². The molecule has 2 N–H and O–H groups in total. The van der Waals surface area contributed by atoms with Gasteiger partial charge in [-0.2, -0.15) is 4.98 Å². The molecule has 2 fully saturated rings. The third-order valence-electron chi connectivity index (χ3n) is 6.40.